The lowest BCUT2D eigenvalue weighted by atomic mass is 9.91. The molecule has 0 saturated heterocycles. The van der Waals surface area contributed by atoms with Crippen molar-refractivity contribution in [1.82, 2.24) is 5.32 Å². The highest BCUT2D eigenvalue weighted by Gasteiger charge is 2.19. The fourth-order valence-electron chi connectivity index (χ4n) is 3.43. The van der Waals surface area contributed by atoms with Crippen LogP contribution in [-0.2, 0) is 14.3 Å². The van der Waals surface area contributed by atoms with Gasteiger partial charge in [0.2, 0.25) is 0 Å². The molecule has 2 saturated carbocycles. The van der Waals surface area contributed by atoms with E-state index < -0.39 is 11.9 Å². The summed E-state index contributed by atoms with van der Waals surface area (Å²) in [6, 6.07) is 1.74. The van der Waals surface area contributed by atoms with Crippen LogP contribution in [-0.4, -0.2) is 36.2 Å². The average Bonchev–Trinajstić information content (AvgIpc) is 2.61. The third-order valence-electron chi connectivity index (χ3n) is 5.11. The first kappa shape index (κ1) is 20.9. The minimum atomic E-state index is -0.881. The Kier molecular flexibility index (Phi) is 10.7. The van der Waals surface area contributed by atoms with Gasteiger partial charge in [-0.3, -0.25) is 9.59 Å². The van der Waals surface area contributed by atoms with Crippen LogP contribution in [0.25, 0.3) is 0 Å². The Bertz CT molecular complexity index is 344. The van der Waals surface area contributed by atoms with E-state index >= 15 is 0 Å². The molecule has 0 aromatic carbocycles. The molecule has 140 valence electrons. The number of hydrogen-bond acceptors (Lipinski definition) is 4. The van der Waals surface area contributed by atoms with Crippen molar-refractivity contribution in [3.63, 3.8) is 0 Å². The first-order valence-corrected chi connectivity index (χ1v) is 9.58. The van der Waals surface area contributed by atoms with E-state index in [4.69, 9.17) is 5.11 Å². The highest BCUT2D eigenvalue weighted by molar-refractivity contribution is 5.72. The van der Waals surface area contributed by atoms with Gasteiger partial charge in [-0.25, -0.2) is 0 Å². The Morgan fingerprint density at radius 1 is 1.00 bits per heavy atom. The summed E-state index contributed by atoms with van der Waals surface area (Å²) in [5.74, 6) is -1.72. The number of carboxylic acid groups (broad SMARTS) is 1. The minimum absolute atomic E-state index is 0.171. The smallest absolute Gasteiger partial charge is 0.306 e. The van der Waals surface area contributed by atoms with Gasteiger partial charge in [-0.1, -0.05) is 45.4 Å². The molecule has 0 amide bonds. The quantitative estimate of drug-likeness (QED) is 0.717. The standard InChI is InChI=1S/C12H23N.C7H12O4/c1-3-7-11(8-4-1)13-12-9-5-2-6-10-12;1-5(7(9)10)3-4-6(8)11-2/h11-13H,1-10H2;5H,3-4H2,1-2H3,(H,9,10). The largest absolute Gasteiger partial charge is 0.481 e. The minimum Gasteiger partial charge on any atom is -0.481 e. The van der Waals surface area contributed by atoms with E-state index in [0.717, 1.165) is 12.1 Å². The van der Waals surface area contributed by atoms with Crippen LogP contribution in [0.5, 0.6) is 0 Å². The van der Waals surface area contributed by atoms with Gasteiger partial charge in [0.25, 0.3) is 0 Å². The van der Waals surface area contributed by atoms with Crippen molar-refractivity contribution in [3.8, 4) is 0 Å². The number of carbonyl (C=O) groups excluding carboxylic acids is 1. The van der Waals surface area contributed by atoms with Crippen LogP contribution >= 0.6 is 0 Å². The molecule has 0 aliphatic heterocycles. The Morgan fingerprint density at radius 2 is 1.46 bits per heavy atom. The third-order valence-corrected chi connectivity index (χ3v) is 5.11. The van der Waals surface area contributed by atoms with E-state index in [1.807, 2.05) is 0 Å². The maximum atomic E-state index is 10.5. The molecule has 0 radical (unpaired) electrons. The van der Waals surface area contributed by atoms with Crippen molar-refractivity contribution >= 4 is 11.9 Å². The summed E-state index contributed by atoms with van der Waals surface area (Å²) in [6.07, 6.45) is 15.1. The highest BCUT2D eigenvalue weighted by atomic mass is 16.5. The van der Waals surface area contributed by atoms with Crippen molar-refractivity contribution in [2.24, 2.45) is 5.92 Å². The normalized spacial score (nSPS) is 20.6. The molecular formula is C19H35NO4. The molecule has 0 bridgehead atoms. The molecule has 0 aromatic rings. The summed E-state index contributed by atoms with van der Waals surface area (Å²) < 4.78 is 4.35. The molecule has 2 rings (SSSR count). The van der Waals surface area contributed by atoms with Crippen LogP contribution in [0.1, 0.15) is 84.0 Å². The number of aliphatic carboxylic acids is 1. The predicted octanol–water partition coefficient (Wildman–Crippen LogP) is 3.90. The molecule has 1 atom stereocenters. The Hall–Kier alpha value is -1.10. The van der Waals surface area contributed by atoms with Crippen LogP contribution in [0.2, 0.25) is 0 Å². The highest BCUT2D eigenvalue weighted by Crippen LogP contribution is 2.22. The number of carbonyl (C=O) groups is 2. The monoisotopic (exact) mass is 341 g/mol. The van der Waals surface area contributed by atoms with Crippen LogP contribution in [0.15, 0.2) is 0 Å². The summed E-state index contributed by atoms with van der Waals surface area (Å²) in [7, 11) is 1.29. The van der Waals surface area contributed by atoms with Crippen LogP contribution in [0.3, 0.4) is 0 Å². The number of carboxylic acids is 1. The van der Waals surface area contributed by atoms with Crippen LogP contribution in [0.4, 0.5) is 0 Å². The molecule has 0 spiro atoms. The maximum Gasteiger partial charge on any atom is 0.306 e. The number of methoxy groups -OCH3 is 1. The number of hydrogen-bond donors (Lipinski definition) is 2. The van der Waals surface area contributed by atoms with Gasteiger partial charge in [0, 0.05) is 18.5 Å². The van der Waals surface area contributed by atoms with Gasteiger partial charge in [-0.15, -0.1) is 0 Å². The Balaban J connectivity index is 0.000000245. The third kappa shape index (κ3) is 9.26. The van der Waals surface area contributed by atoms with E-state index in [2.05, 4.69) is 10.1 Å². The van der Waals surface area contributed by atoms with Gasteiger partial charge in [0.1, 0.15) is 0 Å². The lowest BCUT2D eigenvalue weighted by Crippen LogP contribution is -2.40. The second-order valence-corrected chi connectivity index (χ2v) is 7.19. The van der Waals surface area contributed by atoms with Gasteiger partial charge in [0.15, 0.2) is 0 Å². The zero-order valence-corrected chi connectivity index (χ0v) is 15.4. The second-order valence-electron chi connectivity index (χ2n) is 7.19. The predicted molar refractivity (Wildman–Crippen MR) is 94.9 cm³/mol. The summed E-state index contributed by atoms with van der Waals surface area (Å²) in [5.41, 5.74) is 0. The van der Waals surface area contributed by atoms with Crippen LogP contribution in [0, 0.1) is 5.92 Å². The first-order chi connectivity index (χ1) is 11.5. The van der Waals surface area contributed by atoms with Crippen molar-refractivity contribution < 1.29 is 19.4 Å². The number of esters is 1. The molecule has 5 heteroatoms. The van der Waals surface area contributed by atoms with E-state index in [0.29, 0.717) is 6.42 Å². The molecule has 0 heterocycles. The Labute approximate surface area is 146 Å². The summed E-state index contributed by atoms with van der Waals surface area (Å²) in [5, 5.41) is 12.3. The van der Waals surface area contributed by atoms with E-state index in [1.54, 1.807) is 6.92 Å². The summed E-state index contributed by atoms with van der Waals surface area (Å²) >= 11 is 0. The second kappa shape index (κ2) is 12.3. The maximum absolute atomic E-state index is 10.5. The SMILES string of the molecule is C1CCC(NC2CCCCC2)CC1.COC(=O)CCC(C)C(=O)O. The summed E-state index contributed by atoms with van der Waals surface area (Å²) in [6.45, 7) is 1.56. The summed E-state index contributed by atoms with van der Waals surface area (Å²) in [4.78, 5) is 20.8. The number of rotatable bonds is 6. The molecule has 5 nitrogen and oxygen atoms in total. The van der Waals surface area contributed by atoms with Gasteiger partial charge in [0.05, 0.1) is 13.0 Å². The Morgan fingerprint density at radius 3 is 1.83 bits per heavy atom. The van der Waals surface area contributed by atoms with Gasteiger partial charge in [-0.2, -0.15) is 0 Å². The van der Waals surface area contributed by atoms with Crippen molar-refractivity contribution in [1.29, 1.82) is 0 Å². The zero-order valence-electron chi connectivity index (χ0n) is 15.4. The molecule has 0 aromatic heterocycles. The fourth-order valence-corrected chi connectivity index (χ4v) is 3.43. The number of nitrogens with one attached hydrogen (secondary N) is 1. The first-order valence-electron chi connectivity index (χ1n) is 9.58. The van der Waals surface area contributed by atoms with Gasteiger partial charge in [-0.05, 0) is 32.1 Å². The fraction of sp³-hybridized carbons (Fsp3) is 0.895. The van der Waals surface area contributed by atoms with Crippen molar-refractivity contribution in [3.05, 3.63) is 0 Å². The lowest BCUT2D eigenvalue weighted by molar-refractivity contribution is -0.143. The van der Waals surface area contributed by atoms with E-state index in [9.17, 15) is 9.59 Å². The lowest BCUT2D eigenvalue weighted by Gasteiger charge is -2.30. The van der Waals surface area contributed by atoms with Crippen molar-refractivity contribution in [2.75, 3.05) is 7.11 Å². The van der Waals surface area contributed by atoms with Crippen LogP contribution < -0.4 is 5.32 Å². The molecule has 2 N–H and O–H groups in total. The van der Waals surface area contributed by atoms with Gasteiger partial charge >= 0.3 is 11.9 Å². The average molecular weight is 341 g/mol. The van der Waals surface area contributed by atoms with E-state index in [1.165, 1.54) is 71.3 Å². The van der Waals surface area contributed by atoms with Crippen molar-refractivity contribution in [2.45, 2.75) is 96.1 Å². The molecule has 1 unspecified atom stereocenters. The van der Waals surface area contributed by atoms with Gasteiger partial charge < -0.3 is 15.2 Å². The molecule has 2 fully saturated rings. The topological polar surface area (TPSA) is 75.6 Å². The molecule has 24 heavy (non-hydrogen) atoms. The molecular weight excluding hydrogens is 306 g/mol. The van der Waals surface area contributed by atoms with E-state index in [-0.39, 0.29) is 12.4 Å². The zero-order chi connectivity index (χ0) is 17.8. The molecule has 2 aliphatic carbocycles. The number of ether oxygens (including phenoxy) is 1. The molecule has 2 aliphatic rings.